The van der Waals surface area contributed by atoms with E-state index >= 15 is 0 Å². The number of halogens is 2. The Balaban J connectivity index is 1.67. The number of ketones is 1. The van der Waals surface area contributed by atoms with Crippen LogP contribution in [0.4, 0.5) is 14.5 Å². The van der Waals surface area contributed by atoms with E-state index in [-0.39, 0.29) is 22.8 Å². The summed E-state index contributed by atoms with van der Waals surface area (Å²) in [4.78, 5) is 27.0. The van der Waals surface area contributed by atoms with Crippen molar-refractivity contribution >= 4 is 23.1 Å². The van der Waals surface area contributed by atoms with Crippen LogP contribution in [0.2, 0.25) is 0 Å². The minimum Gasteiger partial charge on any atom is -0.507 e. The molecule has 5 nitrogen and oxygen atoms in total. The molecule has 1 N–H and O–H groups in total. The molecule has 3 aromatic rings. The Kier molecular flexibility index (Phi) is 4.89. The number of hydrogen-bond donors (Lipinski definition) is 1. The third-order valence-corrected chi connectivity index (χ3v) is 6.06. The van der Waals surface area contributed by atoms with Gasteiger partial charge in [0.15, 0.2) is 11.6 Å². The van der Waals surface area contributed by atoms with Gasteiger partial charge in [0.2, 0.25) is 0 Å². The van der Waals surface area contributed by atoms with Crippen molar-refractivity contribution in [1.82, 2.24) is 0 Å². The van der Waals surface area contributed by atoms with E-state index in [2.05, 4.69) is 0 Å². The summed E-state index contributed by atoms with van der Waals surface area (Å²) in [7, 11) is 0. The second kappa shape index (κ2) is 7.75. The molecule has 1 saturated heterocycles. The van der Waals surface area contributed by atoms with Crippen LogP contribution < -0.4 is 4.90 Å². The number of aryl methyl sites for hydroxylation is 2. The van der Waals surface area contributed by atoms with Gasteiger partial charge in [0, 0.05) is 17.3 Å². The smallest absolute Gasteiger partial charge is 0.300 e. The first-order valence-corrected chi connectivity index (χ1v) is 10.4. The van der Waals surface area contributed by atoms with Gasteiger partial charge in [-0.3, -0.25) is 14.5 Å². The normalized spacial score (nSPS) is 19.9. The Morgan fingerprint density at radius 3 is 2.47 bits per heavy atom. The third kappa shape index (κ3) is 3.21. The monoisotopic (exact) mass is 435 g/mol. The number of nitrogens with zero attached hydrogens (tertiary/aromatic N) is 1. The van der Waals surface area contributed by atoms with Gasteiger partial charge in [0.1, 0.15) is 17.6 Å². The third-order valence-electron chi connectivity index (χ3n) is 6.06. The number of furan rings is 1. The molecule has 162 valence electrons. The number of carbonyl (C=O) groups is 2. The lowest BCUT2D eigenvalue weighted by Crippen LogP contribution is -2.29. The van der Waals surface area contributed by atoms with Gasteiger partial charge in [-0.2, -0.15) is 0 Å². The second-order valence-electron chi connectivity index (χ2n) is 7.97. The lowest BCUT2D eigenvalue weighted by molar-refractivity contribution is -0.132. The van der Waals surface area contributed by atoms with Crippen molar-refractivity contribution in [2.24, 2.45) is 0 Å². The molecule has 2 aliphatic rings. The molecule has 1 amide bonds. The number of fused-ring (bicyclic) bond motifs is 1. The molecule has 0 saturated carbocycles. The molecular formula is C25H19F2NO4. The molecule has 2 heterocycles. The molecule has 32 heavy (non-hydrogen) atoms. The summed E-state index contributed by atoms with van der Waals surface area (Å²) in [5, 5.41) is 11.1. The van der Waals surface area contributed by atoms with Crippen LogP contribution in [0.1, 0.15) is 41.3 Å². The molecule has 0 spiro atoms. The zero-order valence-electron chi connectivity index (χ0n) is 17.0. The number of amides is 1. The summed E-state index contributed by atoms with van der Waals surface area (Å²) in [6, 6.07) is 10.4. The van der Waals surface area contributed by atoms with Gasteiger partial charge < -0.3 is 9.52 Å². The Hall–Kier alpha value is -3.74. The van der Waals surface area contributed by atoms with E-state index in [0.717, 1.165) is 48.3 Å². The Labute approximate surface area is 182 Å². The van der Waals surface area contributed by atoms with Gasteiger partial charge in [-0.25, -0.2) is 8.78 Å². The minimum atomic E-state index is -1.16. The molecule has 7 heteroatoms. The lowest BCUT2D eigenvalue weighted by atomic mass is 9.89. The number of rotatable bonds is 3. The van der Waals surface area contributed by atoms with Gasteiger partial charge in [-0.15, -0.1) is 0 Å². The van der Waals surface area contributed by atoms with Crippen LogP contribution in [0.5, 0.6) is 0 Å². The molecule has 1 atom stereocenters. The van der Waals surface area contributed by atoms with Crippen molar-refractivity contribution in [3.05, 3.63) is 94.5 Å². The van der Waals surface area contributed by atoms with E-state index < -0.39 is 29.4 Å². The number of anilines is 1. The van der Waals surface area contributed by atoms with Crippen LogP contribution in [-0.4, -0.2) is 16.8 Å². The zero-order chi connectivity index (χ0) is 22.4. The predicted molar refractivity (Wildman–Crippen MR) is 113 cm³/mol. The maximum atomic E-state index is 13.9. The predicted octanol–water partition coefficient (Wildman–Crippen LogP) is 5.06. The minimum absolute atomic E-state index is 0.0168. The Bertz CT molecular complexity index is 1260. The number of aliphatic hydroxyl groups excluding tert-OH is 1. The van der Waals surface area contributed by atoms with E-state index in [4.69, 9.17) is 4.42 Å². The maximum absolute atomic E-state index is 13.9. The van der Waals surface area contributed by atoms with E-state index in [0.29, 0.717) is 5.56 Å². The van der Waals surface area contributed by atoms with E-state index in [1.54, 1.807) is 18.2 Å². The van der Waals surface area contributed by atoms with Crippen LogP contribution in [0, 0.1) is 11.6 Å². The quantitative estimate of drug-likeness (QED) is 0.355. The van der Waals surface area contributed by atoms with Crippen LogP contribution in [0.3, 0.4) is 0 Å². The molecule has 1 aliphatic carbocycles. The van der Waals surface area contributed by atoms with Crippen molar-refractivity contribution in [2.75, 3.05) is 4.90 Å². The highest BCUT2D eigenvalue weighted by atomic mass is 19.2. The molecule has 1 aliphatic heterocycles. The van der Waals surface area contributed by atoms with Gasteiger partial charge in [-0.1, -0.05) is 12.1 Å². The molecule has 1 unspecified atom stereocenters. The number of aliphatic hydroxyl groups is 1. The van der Waals surface area contributed by atoms with Crippen LogP contribution in [0.25, 0.3) is 5.76 Å². The first-order chi connectivity index (χ1) is 15.5. The molecule has 0 radical (unpaired) electrons. The fourth-order valence-electron chi connectivity index (χ4n) is 4.49. The Morgan fingerprint density at radius 1 is 0.969 bits per heavy atom. The van der Waals surface area contributed by atoms with E-state index in [9.17, 15) is 23.5 Å². The van der Waals surface area contributed by atoms with Crippen LogP contribution in [-0.2, 0) is 22.4 Å². The van der Waals surface area contributed by atoms with Crippen LogP contribution >= 0.6 is 0 Å². The topological polar surface area (TPSA) is 70.8 Å². The summed E-state index contributed by atoms with van der Waals surface area (Å²) in [5.74, 6) is -4.23. The molecular weight excluding hydrogens is 416 g/mol. The molecule has 2 aromatic carbocycles. The maximum Gasteiger partial charge on any atom is 0.300 e. The highest BCUT2D eigenvalue weighted by molar-refractivity contribution is 6.51. The highest BCUT2D eigenvalue weighted by Gasteiger charge is 2.48. The summed E-state index contributed by atoms with van der Waals surface area (Å²) >= 11 is 0. The number of benzene rings is 2. The van der Waals surface area contributed by atoms with Crippen molar-refractivity contribution in [1.29, 1.82) is 0 Å². The van der Waals surface area contributed by atoms with Crippen molar-refractivity contribution in [3.63, 3.8) is 0 Å². The average molecular weight is 435 g/mol. The Morgan fingerprint density at radius 2 is 1.75 bits per heavy atom. The largest absolute Gasteiger partial charge is 0.507 e. The summed E-state index contributed by atoms with van der Waals surface area (Å²) in [6.45, 7) is 0. The van der Waals surface area contributed by atoms with Crippen LogP contribution in [0.15, 0.2) is 64.8 Å². The number of hydrogen-bond acceptors (Lipinski definition) is 4. The SMILES string of the molecule is O=C1C(=O)N(c2ccc(F)c(F)c2)C(c2ccco2)/C1=C(/O)c1ccc2c(c1)CCCC2. The van der Waals surface area contributed by atoms with Crippen molar-refractivity contribution in [2.45, 2.75) is 31.7 Å². The van der Waals surface area contributed by atoms with E-state index in [1.165, 1.54) is 17.9 Å². The lowest BCUT2D eigenvalue weighted by Gasteiger charge is -2.23. The first-order valence-electron chi connectivity index (χ1n) is 10.4. The summed E-state index contributed by atoms with van der Waals surface area (Å²) in [6.07, 6.45) is 5.37. The van der Waals surface area contributed by atoms with E-state index in [1.807, 2.05) is 12.1 Å². The molecule has 0 bridgehead atoms. The second-order valence-corrected chi connectivity index (χ2v) is 7.97. The summed E-state index contributed by atoms with van der Waals surface area (Å²) < 4.78 is 32.9. The number of carbonyl (C=O) groups excluding carboxylic acids is 2. The van der Waals surface area contributed by atoms with Gasteiger partial charge in [0.05, 0.1) is 11.8 Å². The number of Topliss-reactive ketones (excluding diaryl/α,β-unsaturated/α-hetero) is 1. The average Bonchev–Trinajstić information content (AvgIpc) is 3.42. The van der Waals surface area contributed by atoms with Gasteiger partial charge in [-0.05, 0) is 67.1 Å². The van der Waals surface area contributed by atoms with Gasteiger partial charge in [0.25, 0.3) is 11.7 Å². The van der Waals surface area contributed by atoms with Crippen molar-refractivity contribution in [3.8, 4) is 0 Å². The van der Waals surface area contributed by atoms with Gasteiger partial charge >= 0.3 is 0 Å². The highest BCUT2D eigenvalue weighted by Crippen LogP contribution is 2.42. The zero-order valence-corrected chi connectivity index (χ0v) is 17.0. The fraction of sp³-hybridized carbons (Fsp3) is 0.200. The van der Waals surface area contributed by atoms with Crippen molar-refractivity contribution < 1.29 is 27.9 Å². The standard InChI is InChI=1S/C25H19F2NO4/c26-18-10-9-17(13-19(18)27)28-22(20-6-3-11-32-20)21(24(30)25(28)31)23(29)16-8-7-14-4-1-2-5-15(14)12-16/h3,6-13,22,29H,1-2,4-5H2/b23-21-. The summed E-state index contributed by atoms with van der Waals surface area (Å²) in [5.41, 5.74) is 2.55. The first kappa shape index (κ1) is 20.2. The fourth-order valence-corrected chi connectivity index (χ4v) is 4.49. The molecule has 5 rings (SSSR count). The molecule has 1 fully saturated rings. The molecule has 1 aromatic heterocycles.